The molecule has 1 aromatic rings. The van der Waals surface area contributed by atoms with E-state index in [0.29, 0.717) is 36.7 Å². The summed E-state index contributed by atoms with van der Waals surface area (Å²) in [5, 5.41) is 6.29. The minimum Gasteiger partial charge on any atom is -0.352 e. The lowest BCUT2D eigenvalue weighted by Gasteiger charge is -2.18. The van der Waals surface area contributed by atoms with Crippen molar-refractivity contribution in [3.05, 3.63) is 35.4 Å². The zero-order valence-corrected chi connectivity index (χ0v) is 15.3. The standard InChI is InChI=1S/C18H27N3O2.ClH/c1-3-21(4-2)18(23)16-7-5-15(6-8-16)17(22)20-12-10-14-9-11-19-13-14;/h5-8,14,19H,3-4,9-13H2,1-2H3,(H,20,22);1H. The Bertz CT molecular complexity index is 524. The number of amides is 2. The molecule has 24 heavy (non-hydrogen) atoms. The van der Waals surface area contributed by atoms with E-state index in [4.69, 9.17) is 0 Å². The monoisotopic (exact) mass is 353 g/mol. The molecule has 0 aromatic heterocycles. The summed E-state index contributed by atoms with van der Waals surface area (Å²) >= 11 is 0. The number of rotatable bonds is 7. The fourth-order valence-corrected chi connectivity index (χ4v) is 2.91. The number of nitrogens with one attached hydrogen (secondary N) is 2. The van der Waals surface area contributed by atoms with Gasteiger partial charge in [0.25, 0.3) is 11.8 Å². The van der Waals surface area contributed by atoms with Gasteiger partial charge in [-0.25, -0.2) is 0 Å². The number of nitrogens with zero attached hydrogens (tertiary/aromatic N) is 1. The largest absolute Gasteiger partial charge is 0.352 e. The molecule has 5 nitrogen and oxygen atoms in total. The average molecular weight is 354 g/mol. The first-order valence-electron chi connectivity index (χ1n) is 8.54. The second-order valence-corrected chi connectivity index (χ2v) is 5.96. The highest BCUT2D eigenvalue weighted by molar-refractivity contribution is 5.97. The van der Waals surface area contributed by atoms with Crippen molar-refractivity contribution in [1.29, 1.82) is 0 Å². The minimum absolute atomic E-state index is 0. The van der Waals surface area contributed by atoms with Crippen LogP contribution in [0, 0.1) is 5.92 Å². The Morgan fingerprint density at radius 2 is 1.79 bits per heavy atom. The Kier molecular flexibility index (Phi) is 8.79. The van der Waals surface area contributed by atoms with Crippen molar-refractivity contribution >= 4 is 24.2 Å². The van der Waals surface area contributed by atoms with Gasteiger partial charge in [0.05, 0.1) is 0 Å². The molecule has 0 aliphatic carbocycles. The van der Waals surface area contributed by atoms with Gasteiger partial charge >= 0.3 is 0 Å². The number of carbonyl (C=O) groups excluding carboxylic acids is 2. The molecule has 6 heteroatoms. The molecule has 1 aliphatic rings. The molecule has 0 radical (unpaired) electrons. The van der Waals surface area contributed by atoms with Crippen molar-refractivity contribution in [2.75, 3.05) is 32.7 Å². The molecule has 1 fully saturated rings. The lowest BCUT2D eigenvalue weighted by molar-refractivity contribution is 0.0772. The molecule has 0 saturated carbocycles. The molecule has 0 spiro atoms. The number of hydrogen-bond donors (Lipinski definition) is 2. The summed E-state index contributed by atoms with van der Waals surface area (Å²) in [6.07, 6.45) is 2.20. The summed E-state index contributed by atoms with van der Waals surface area (Å²) in [6.45, 7) is 8.14. The summed E-state index contributed by atoms with van der Waals surface area (Å²) in [4.78, 5) is 26.1. The smallest absolute Gasteiger partial charge is 0.253 e. The van der Waals surface area contributed by atoms with E-state index in [0.717, 1.165) is 19.5 Å². The van der Waals surface area contributed by atoms with Crippen LogP contribution in [0.5, 0.6) is 0 Å². The van der Waals surface area contributed by atoms with Crippen LogP contribution >= 0.6 is 12.4 Å². The fraction of sp³-hybridized carbons (Fsp3) is 0.556. The van der Waals surface area contributed by atoms with Gasteiger partial charge in [0.1, 0.15) is 0 Å². The second-order valence-electron chi connectivity index (χ2n) is 5.96. The molecule has 1 unspecified atom stereocenters. The van der Waals surface area contributed by atoms with Crippen molar-refractivity contribution in [3.63, 3.8) is 0 Å². The van der Waals surface area contributed by atoms with Crippen LogP contribution in [-0.2, 0) is 0 Å². The van der Waals surface area contributed by atoms with Gasteiger partial charge in [-0.05, 0) is 70.0 Å². The van der Waals surface area contributed by atoms with E-state index < -0.39 is 0 Å². The Balaban J connectivity index is 0.00000288. The molecular formula is C18H28ClN3O2. The van der Waals surface area contributed by atoms with Crippen molar-refractivity contribution in [2.45, 2.75) is 26.7 Å². The molecule has 1 heterocycles. The summed E-state index contributed by atoms with van der Waals surface area (Å²) in [7, 11) is 0. The lowest BCUT2D eigenvalue weighted by atomic mass is 10.1. The third-order valence-corrected chi connectivity index (χ3v) is 4.45. The Morgan fingerprint density at radius 3 is 2.33 bits per heavy atom. The maximum atomic E-state index is 12.2. The highest BCUT2D eigenvalue weighted by Crippen LogP contribution is 2.11. The van der Waals surface area contributed by atoms with Gasteiger partial charge in [0, 0.05) is 30.8 Å². The van der Waals surface area contributed by atoms with E-state index in [-0.39, 0.29) is 24.2 Å². The maximum Gasteiger partial charge on any atom is 0.253 e. The average Bonchev–Trinajstić information content (AvgIpc) is 3.09. The minimum atomic E-state index is -0.0715. The molecular weight excluding hydrogens is 326 g/mol. The Hall–Kier alpha value is -1.59. The van der Waals surface area contributed by atoms with Crippen molar-refractivity contribution in [1.82, 2.24) is 15.5 Å². The molecule has 2 N–H and O–H groups in total. The maximum absolute atomic E-state index is 12.2. The van der Waals surface area contributed by atoms with E-state index in [9.17, 15) is 9.59 Å². The van der Waals surface area contributed by atoms with Crippen LogP contribution in [0.4, 0.5) is 0 Å². The van der Waals surface area contributed by atoms with E-state index in [1.165, 1.54) is 6.42 Å². The first-order valence-corrected chi connectivity index (χ1v) is 8.54. The molecule has 1 aromatic carbocycles. The number of benzene rings is 1. The fourth-order valence-electron chi connectivity index (χ4n) is 2.91. The van der Waals surface area contributed by atoms with E-state index >= 15 is 0 Å². The lowest BCUT2D eigenvalue weighted by Crippen LogP contribution is -2.30. The normalized spacial score (nSPS) is 16.3. The predicted octanol–water partition coefficient (Wildman–Crippen LogP) is 2.32. The van der Waals surface area contributed by atoms with Gasteiger partial charge in [-0.3, -0.25) is 9.59 Å². The van der Waals surface area contributed by atoms with Crippen LogP contribution in [0.3, 0.4) is 0 Å². The Labute approximate surface area is 150 Å². The van der Waals surface area contributed by atoms with Gasteiger partial charge in [0.2, 0.25) is 0 Å². The van der Waals surface area contributed by atoms with Crippen LogP contribution < -0.4 is 10.6 Å². The summed E-state index contributed by atoms with van der Waals surface area (Å²) < 4.78 is 0. The van der Waals surface area contributed by atoms with Crippen molar-refractivity contribution < 1.29 is 9.59 Å². The van der Waals surface area contributed by atoms with Crippen LogP contribution in [0.15, 0.2) is 24.3 Å². The molecule has 1 atom stereocenters. The van der Waals surface area contributed by atoms with E-state index in [1.54, 1.807) is 29.2 Å². The van der Waals surface area contributed by atoms with Crippen LogP contribution in [-0.4, -0.2) is 49.4 Å². The second kappa shape index (κ2) is 10.3. The molecule has 1 saturated heterocycles. The number of carbonyl (C=O) groups is 2. The van der Waals surface area contributed by atoms with E-state index in [2.05, 4.69) is 10.6 Å². The quantitative estimate of drug-likeness (QED) is 0.790. The van der Waals surface area contributed by atoms with E-state index in [1.807, 2.05) is 13.8 Å². The predicted molar refractivity (Wildman–Crippen MR) is 98.9 cm³/mol. The summed E-state index contributed by atoms with van der Waals surface area (Å²) in [6, 6.07) is 6.92. The van der Waals surface area contributed by atoms with Crippen LogP contribution in [0.2, 0.25) is 0 Å². The molecule has 134 valence electrons. The van der Waals surface area contributed by atoms with Gasteiger partial charge in [0.15, 0.2) is 0 Å². The highest BCUT2D eigenvalue weighted by Gasteiger charge is 2.15. The van der Waals surface area contributed by atoms with Gasteiger partial charge in [-0.15, -0.1) is 12.4 Å². The molecule has 1 aliphatic heterocycles. The summed E-state index contributed by atoms with van der Waals surface area (Å²) in [5.74, 6) is 0.609. The third-order valence-electron chi connectivity index (χ3n) is 4.45. The van der Waals surface area contributed by atoms with Crippen molar-refractivity contribution in [2.24, 2.45) is 5.92 Å². The topological polar surface area (TPSA) is 61.4 Å². The van der Waals surface area contributed by atoms with Gasteiger partial charge in [-0.2, -0.15) is 0 Å². The first kappa shape index (κ1) is 20.5. The zero-order valence-electron chi connectivity index (χ0n) is 14.5. The first-order chi connectivity index (χ1) is 11.2. The SMILES string of the molecule is CCN(CC)C(=O)c1ccc(C(=O)NCCC2CCNC2)cc1.Cl. The molecule has 2 amide bonds. The highest BCUT2D eigenvalue weighted by atomic mass is 35.5. The molecule has 2 rings (SSSR count). The van der Waals surface area contributed by atoms with Crippen LogP contribution in [0.25, 0.3) is 0 Å². The van der Waals surface area contributed by atoms with Crippen LogP contribution in [0.1, 0.15) is 47.4 Å². The number of halogens is 1. The number of hydrogen-bond acceptors (Lipinski definition) is 3. The molecule has 0 bridgehead atoms. The van der Waals surface area contributed by atoms with Gasteiger partial charge in [-0.1, -0.05) is 0 Å². The third kappa shape index (κ3) is 5.49. The zero-order chi connectivity index (χ0) is 16.7. The van der Waals surface area contributed by atoms with Gasteiger partial charge < -0.3 is 15.5 Å². The Morgan fingerprint density at radius 1 is 1.17 bits per heavy atom. The van der Waals surface area contributed by atoms with Crippen molar-refractivity contribution in [3.8, 4) is 0 Å². The summed E-state index contributed by atoms with van der Waals surface area (Å²) in [5.41, 5.74) is 1.23.